The van der Waals surface area contributed by atoms with Gasteiger partial charge in [-0.15, -0.1) is 0 Å². The van der Waals surface area contributed by atoms with E-state index < -0.39 is 0 Å². The molecule has 0 saturated carbocycles. The molecule has 0 amide bonds. The van der Waals surface area contributed by atoms with Crippen molar-refractivity contribution in [3.63, 3.8) is 0 Å². The van der Waals surface area contributed by atoms with Crippen molar-refractivity contribution in [3.8, 4) is 0 Å². The highest BCUT2D eigenvalue weighted by atomic mass is 35.5. The van der Waals surface area contributed by atoms with Gasteiger partial charge in [0.15, 0.2) is 0 Å². The number of ether oxygens (including phenoxy) is 1. The van der Waals surface area contributed by atoms with Crippen LogP contribution in [0.15, 0.2) is 0 Å². The van der Waals surface area contributed by atoms with Gasteiger partial charge in [0, 0.05) is 31.9 Å². The van der Waals surface area contributed by atoms with Gasteiger partial charge in [0.2, 0.25) is 0 Å². The molecule has 1 rings (SSSR count). The molecule has 0 aromatic carbocycles. The molecular formula is C13H24ClN3O. The van der Waals surface area contributed by atoms with E-state index >= 15 is 0 Å². The fourth-order valence-electron chi connectivity index (χ4n) is 2.09. The Labute approximate surface area is 115 Å². The summed E-state index contributed by atoms with van der Waals surface area (Å²) in [6.07, 6.45) is 1.89. The van der Waals surface area contributed by atoms with Crippen molar-refractivity contribution in [1.82, 2.24) is 15.1 Å². The predicted molar refractivity (Wildman–Crippen MR) is 75.2 cm³/mol. The smallest absolute Gasteiger partial charge is 0.130 e. The number of rotatable bonds is 8. The van der Waals surface area contributed by atoms with Gasteiger partial charge in [-0.1, -0.05) is 18.5 Å². The molecule has 1 aromatic rings. The lowest BCUT2D eigenvalue weighted by Gasteiger charge is -2.17. The van der Waals surface area contributed by atoms with Gasteiger partial charge >= 0.3 is 0 Å². The zero-order chi connectivity index (χ0) is 13.5. The first-order valence-corrected chi connectivity index (χ1v) is 6.97. The van der Waals surface area contributed by atoms with E-state index in [9.17, 15) is 0 Å². The summed E-state index contributed by atoms with van der Waals surface area (Å²) < 4.78 is 7.15. The highest BCUT2D eigenvalue weighted by Crippen LogP contribution is 2.21. The normalized spacial score (nSPS) is 12.9. The first-order chi connectivity index (χ1) is 8.60. The third-order valence-corrected chi connectivity index (χ3v) is 3.50. The second-order valence-electron chi connectivity index (χ2n) is 4.42. The monoisotopic (exact) mass is 273 g/mol. The molecule has 1 aromatic heterocycles. The summed E-state index contributed by atoms with van der Waals surface area (Å²) in [6.45, 7) is 8.65. The SMILES string of the molecule is CCNC(CCOCC)Cc1c(C)nn(C)c1Cl. The zero-order valence-electron chi connectivity index (χ0n) is 11.8. The minimum atomic E-state index is 0.391. The van der Waals surface area contributed by atoms with Crippen LogP contribution in [0.2, 0.25) is 5.15 Å². The maximum absolute atomic E-state index is 6.26. The van der Waals surface area contributed by atoms with Crippen molar-refractivity contribution in [3.05, 3.63) is 16.4 Å². The van der Waals surface area contributed by atoms with Crippen LogP contribution in [0.25, 0.3) is 0 Å². The quantitative estimate of drug-likeness (QED) is 0.739. The molecule has 4 nitrogen and oxygen atoms in total. The van der Waals surface area contributed by atoms with Crippen molar-refractivity contribution in [2.75, 3.05) is 19.8 Å². The van der Waals surface area contributed by atoms with Crippen molar-refractivity contribution >= 4 is 11.6 Å². The molecule has 1 N–H and O–H groups in total. The van der Waals surface area contributed by atoms with E-state index in [0.717, 1.165) is 49.0 Å². The standard InChI is InChI=1S/C13H24ClN3O/c1-5-15-11(7-8-18-6-2)9-12-10(3)16-17(4)13(12)14/h11,15H,5-9H2,1-4H3. The highest BCUT2D eigenvalue weighted by molar-refractivity contribution is 6.30. The topological polar surface area (TPSA) is 39.1 Å². The van der Waals surface area contributed by atoms with Crippen LogP contribution in [0.4, 0.5) is 0 Å². The first-order valence-electron chi connectivity index (χ1n) is 6.59. The Balaban J connectivity index is 2.64. The molecule has 18 heavy (non-hydrogen) atoms. The maximum Gasteiger partial charge on any atom is 0.130 e. The van der Waals surface area contributed by atoms with Gasteiger partial charge in [-0.2, -0.15) is 5.10 Å². The third kappa shape index (κ3) is 4.26. The minimum absolute atomic E-state index is 0.391. The van der Waals surface area contributed by atoms with Gasteiger partial charge in [-0.25, -0.2) is 0 Å². The summed E-state index contributed by atoms with van der Waals surface area (Å²) in [7, 11) is 1.88. The number of nitrogens with one attached hydrogen (secondary N) is 1. The van der Waals surface area contributed by atoms with E-state index in [1.165, 1.54) is 0 Å². The number of hydrogen-bond donors (Lipinski definition) is 1. The van der Waals surface area contributed by atoms with Crippen molar-refractivity contribution < 1.29 is 4.74 Å². The molecule has 1 unspecified atom stereocenters. The van der Waals surface area contributed by atoms with Gasteiger partial charge in [0.05, 0.1) is 5.69 Å². The van der Waals surface area contributed by atoms with E-state index in [0.29, 0.717) is 6.04 Å². The number of hydrogen-bond acceptors (Lipinski definition) is 3. The molecule has 0 aliphatic carbocycles. The van der Waals surface area contributed by atoms with E-state index in [4.69, 9.17) is 16.3 Å². The zero-order valence-corrected chi connectivity index (χ0v) is 12.5. The summed E-state index contributed by atoms with van der Waals surface area (Å²) in [5.41, 5.74) is 2.16. The van der Waals surface area contributed by atoms with Crippen molar-refractivity contribution in [2.24, 2.45) is 7.05 Å². The molecule has 0 radical (unpaired) electrons. The average molecular weight is 274 g/mol. The van der Waals surface area contributed by atoms with Crippen LogP contribution in [0, 0.1) is 6.92 Å². The molecule has 0 saturated heterocycles. The van der Waals surface area contributed by atoms with Crippen LogP contribution in [0.5, 0.6) is 0 Å². The van der Waals surface area contributed by atoms with E-state index in [1.807, 2.05) is 20.9 Å². The van der Waals surface area contributed by atoms with Gasteiger partial charge in [-0.05, 0) is 33.2 Å². The Morgan fingerprint density at radius 3 is 2.67 bits per heavy atom. The number of nitrogens with zero attached hydrogens (tertiary/aromatic N) is 2. The molecular weight excluding hydrogens is 250 g/mol. The highest BCUT2D eigenvalue weighted by Gasteiger charge is 2.16. The lowest BCUT2D eigenvalue weighted by Crippen LogP contribution is -2.32. The Morgan fingerprint density at radius 2 is 2.17 bits per heavy atom. The molecule has 0 bridgehead atoms. The van der Waals surface area contributed by atoms with Crippen molar-refractivity contribution in [2.45, 2.75) is 39.7 Å². The van der Waals surface area contributed by atoms with Gasteiger partial charge in [0.25, 0.3) is 0 Å². The third-order valence-electron chi connectivity index (χ3n) is 3.03. The number of halogens is 1. The Hall–Kier alpha value is -0.580. The largest absolute Gasteiger partial charge is 0.382 e. The van der Waals surface area contributed by atoms with Crippen LogP contribution in [-0.4, -0.2) is 35.6 Å². The fraction of sp³-hybridized carbons (Fsp3) is 0.769. The average Bonchev–Trinajstić information content (AvgIpc) is 2.56. The summed E-state index contributed by atoms with van der Waals surface area (Å²) in [5, 5.41) is 8.57. The van der Waals surface area contributed by atoms with E-state index in [2.05, 4.69) is 17.3 Å². The summed E-state index contributed by atoms with van der Waals surface area (Å²) in [6, 6.07) is 0.391. The van der Waals surface area contributed by atoms with Crippen LogP contribution >= 0.6 is 11.6 Å². The summed E-state index contributed by atoms with van der Waals surface area (Å²) in [4.78, 5) is 0. The van der Waals surface area contributed by atoms with Crippen LogP contribution in [0.3, 0.4) is 0 Å². The molecule has 0 fully saturated rings. The second kappa shape index (κ2) is 7.77. The van der Waals surface area contributed by atoms with Crippen LogP contribution in [-0.2, 0) is 18.2 Å². The minimum Gasteiger partial charge on any atom is -0.382 e. The van der Waals surface area contributed by atoms with Crippen molar-refractivity contribution in [1.29, 1.82) is 0 Å². The molecule has 1 atom stereocenters. The Morgan fingerprint density at radius 1 is 1.44 bits per heavy atom. The lowest BCUT2D eigenvalue weighted by atomic mass is 10.0. The van der Waals surface area contributed by atoms with Crippen LogP contribution in [0.1, 0.15) is 31.5 Å². The number of aromatic nitrogens is 2. The van der Waals surface area contributed by atoms with Gasteiger partial charge in [0.1, 0.15) is 5.15 Å². The molecule has 1 heterocycles. The lowest BCUT2D eigenvalue weighted by molar-refractivity contribution is 0.136. The molecule has 0 aliphatic heterocycles. The van der Waals surface area contributed by atoms with E-state index in [1.54, 1.807) is 4.68 Å². The number of likely N-dealkylation sites (N-methyl/N-ethyl adjacent to an activating group) is 1. The summed E-state index contributed by atoms with van der Waals surface area (Å²) >= 11 is 6.26. The molecule has 0 aliphatic rings. The number of aryl methyl sites for hydroxylation is 2. The first kappa shape index (κ1) is 15.5. The molecule has 0 spiro atoms. The molecule has 104 valence electrons. The predicted octanol–water partition coefficient (Wildman–Crippen LogP) is 2.33. The summed E-state index contributed by atoms with van der Waals surface area (Å²) in [5.74, 6) is 0. The van der Waals surface area contributed by atoms with Crippen LogP contribution < -0.4 is 5.32 Å². The Kier molecular flexibility index (Phi) is 6.68. The molecule has 5 heteroatoms. The maximum atomic E-state index is 6.26. The van der Waals surface area contributed by atoms with Gasteiger partial charge < -0.3 is 10.1 Å². The second-order valence-corrected chi connectivity index (χ2v) is 4.78. The van der Waals surface area contributed by atoms with E-state index in [-0.39, 0.29) is 0 Å². The Bertz CT molecular complexity index is 365. The fourth-order valence-corrected chi connectivity index (χ4v) is 2.34. The van der Waals surface area contributed by atoms with Gasteiger partial charge in [-0.3, -0.25) is 4.68 Å².